The average Bonchev–Trinajstić information content (AvgIpc) is 2.39. The van der Waals surface area contributed by atoms with Gasteiger partial charge < -0.3 is 15.6 Å². The Hall–Kier alpha value is -1.50. The number of likely N-dealkylation sites (N-methyl/N-ethyl adjacent to an activating group) is 1. The maximum absolute atomic E-state index is 10.5. The van der Waals surface area contributed by atoms with E-state index in [0.717, 1.165) is 5.56 Å². The molecule has 2 rings (SSSR count). The summed E-state index contributed by atoms with van der Waals surface area (Å²) in [5.74, 6) is -0.0300. The zero-order valence-corrected chi connectivity index (χ0v) is 11.8. The van der Waals surface area contributed by atoms with Gasteiger partial charge in [-0.1, -0.05) is 0 Å². The van der Waals surface area contributed by atoms with E-state index in [1.165, 1.54) is 0 Å². The van der Waals surface area contributed by atoms with E-state index >= 15 is 0 Å². The molecule has 0 amide bonds. The van der Waals surface area contributed by atoms with Crippen LogP contribution in [0.5, 0.6) is 0 Å². The van der Waals surface area contributed by atoms with E-state index in [2.05, 4.69) is 9.88 Å². The molecule has 110 valence electrons. The molecule has 1 saturated heterocycles. The Morgan fingerprint density at radius 1 is 1.55 bits per heavy atom. The van der Waals surface area contributed by atoms with Gasteiger partial charge in [-0.15, -0.1) is 0 Å². The second-order valence-corrected chi connectivity index (χ2v) is 5.47. The molecule has 1 aromatic heterocycles. The predicted octanol–water partition coefficient (Wildman–Crippen LogP) is 0.339. The Morgan fingerprint density at radius 3 is 2.90 bits per heavy atom. The highest BCUT2D eigenvalue weighted by Gasteiger charge is 2.30. The zero-order chi connectivity index (χ0) is 14.6. The van der Waals surface area contributed by atoms with Crippen LogP contribution in [-0.2, 0) is 11.3 Å². The lowest BCUT2D eigenvalue weighted by atomic mass is 9.94. The Labute approximate surface area is 119 Å². The number of ether oxygens (including phenoxy) is 1. The van der Waals surface area contributed by atoms with E-state index in [4.69, 9.17) is 15.9 Å². The van der Waals surface area contributed by atoms with E-state index in [1.807, 2.05) is 19.2 Å². The minimum Gasteiger partial charge on any atom is -0.388 e. The Balaban J connectivity index is 1.95. The maximum atomic E-state index is 10.5. The highest BCUT2D eigenvalue weighted by molar-refractivity contribution is 5.93. The van der Waals surface area contributed by atoms with Crippen LogP contribution in [0.2, 0.25) is 0 Å². The van der Waals surface area contributed by atoms with E-state index in [1.54, 1.807) is 6.20 Å². The number of aliphatic hydroxyl groups is 1. The molecule has 1 aliphatic rings. The summed E-state index contributed by atoms with van der Waals surface area (Å²) >= 11 is 0. The summed E-state index contributed by atoms with van der Waals surface area (Å²) < 4.78 is 5.28. The van der Waals surface area contributed by atoms with Crippen molar-refractivity contribution in [3.05, 3.63) is 29.6 Å². The maximum Gasteiger partial charge on any atom is 0.141 e. The summed E-state index contributed by atoms with van der Waals surface area (Å²) in [6.07, 6.45) is 3.00. The number of nitrogens with zero attached hydrogens (tertiary/aromatic N) is 2. The smallest absolute Gasteiger partial charge is 0.141 e. The van der Waals surface area contributed by atoms with Crippen LogP contribution in [0.1, 0.15) is 24.1 Å². The molecule has 2 heterocycles. The van der Waals surface area contributed by atoms with Crippen LogP contribution in [0.4, 0.5) is 0 Å². The van der Waals surface area contributed by atoms with Gasteiger partial charge in [-0.3, -0.25) is 15.3 Å². The molecular weight excluding hydrogens is 256 g/mol. The lowest BCUT2D eigenvalue weighted by molar-refractivity contribution is -0.0777. The molecule has 1 aliphatic heterocycles. The fraction of sp³-hybridized carbons (Fsp3) is 0.571. The molecule has 0 radical (unpaired) electrons. The van der Waals surface area contributed by atoms with E-state index in [9.17, 15) is 5.11 Å². The SMILES string of the molecule is CN(Cc1ccnc(C(=N)N)c1)CC1(O)CCOCC1. The number of nitrogen functional groups attached to an aromatic ring is 1. The number of nitrogens with two attached hydrogens (primary N) is 1. The van der Waals surface area contributed by atoms with Gasteiger partial charge in [0.1, 0.15) is 11.5 Å². The number of aromatic nitrogens is 1. The van der Waals surface area contributed by atoms with Crippen molar-refractivity contribution in [2.75, 3.05) is 26.8 Å². The van der Waals surface area contributed by atoms with Gasteiger partial charge in [-0.2, -0.15) is 0 Å². The third-order valence-electron chi connectivity index (χ3n) is 3.54. The summed E-state index contributed by atoms with van der Waals surface area (Å²) in [4.78, 5) is 6.12. The standard InChI is InChI=1S/C14H22N4O2/c1-18(10-14(19)3-6-20-7-4-14)9-11-2-5-17-12(8-11)13(15)16/h2,5,8,19H,3-4,6-7,9-10H2,1H3,(H3,15,16). The van der Waals surface area contributed by atoms with Gasteiger partial charge in [0.2, 0.25) is 0 Å². The summed E-state index contributed by atoms with van der Waals surface area (Å²) in [5.41, 5.74) is 6.29. The number of hydrogen-bond donors (Lipinski definition) is 3. The fourth-order valence-corrected chi connectivity index (χ4v) is 2.50. The molecule has 1 aromatic rings. The molecule has 0 aliphatic carbocycles. The summed E-state index contributed by atoms with van der Waals surface area (Å²) in [6.45, 7) is 2.53. The van der Waals surface area contributed by atoms with Crippen molar-refractivity contribution in [3.63, 3.8) is 0 Å². The Kier molecular flexibility index (Phi) is 4.69. The lowest BCUT2D eigenvalue weighted by Gasteiger charge is -2.35. The van der Waals surface area contributed by atoms with Crippen LogP contribution < -0.4 is 5.73 Å². The normalized spacial score (nSPS) is 18.1. The van der Waals surface area contributed by atoms with E-state index in [0.29, 0.717) is 44.8 Å². The van der Waals surface area contributed by atoms with Crippen molar-refractivity contribution in [2.45, 2.75) is 25.0 Å². The largest absolute Gasteiger partial charge is 0.388 e. The van der Waals surface area contributed by atoms with Gasteiger partial charge in [0.25, 0.3) is 0 Å². The molecule has 4 N–H and O–H groups in total. The molecule has 6 nitrogen and oxygen atoms in total. The minimum atomic E-state index is -0.663. The van der Waals surface area contributed by atoms with Gasteiger partial charge in [0.15, 0.2) is 0 Å². The quantitative estimate of drug-likeness (QED) is 0.533. The first-order valence-electron chi connectivity index (χ1n) is 6.76. The fourth-order valence-electron chi connectivity index (χ4n) is 2.50. The average molecular weight is 278 g/mol. The second kappa shape index (κ2) is 6.30. The van der Waals surface area contributed by atoms with Crippen molar-refractivity contribution in [3.8, 4) is 0 Å². The number of nitrogens with one attached hydrogen (secondary N) is 1. The van der Waals surface area contributed by atoms with Crippen molar-refractivity contribution in [2.24, 2.45) is 5.73 Å². The van der Waals surface area contributed by atoms with Crippen LogP contribution in [0, 0.1) is 5.41 Å². The van der Waals surface area contributed by atoms with Gasteiger partial charge >= 0.3 is 0 Å². The van der Waals surface area contributed by atoms with Crippen molar-refractivity contribution >= 4 is 5.84 Å². The first kappa shape index (κ1) is 14.9. The first-order chi connectivity index (χ1) is 9.48. The van der Waals surface area contributed by atoms with Crippen LogP contribution in [-0.4, -0.2) is 53.2 Å². The van der Waals surface area contributed by atoms with Gasteiger partial charge in [-0.05, 0) is 24.7 Å². The lowest BCUT2D eigenvalue weighted by Crippen LogP contribution is -2.45. The van der Waals surface area contributed by atoms with Crippen molar-refractivity contribution < 1.29 is 9.84 Å². The third kappa shape index (κ3) is 4.00. The van der Waals surface area contributed by atoms with Crippen molar-refractivity contribution in [1.29, 1.82) is 5.41 Å². The van der Waals surface area contributed by atoms with Gasteiger partial charge in [-0.25, -0.2) is 0 Å². The van der Waals surface area contributed by atoms with Crippen molar-refractivity contribution in [1.82, 2.24) is 9.88 Å². The molecular formula is C14H22N4O2. The Morgan fingerprint density at radius 2 is 2.25 bits per heavy atom. The molecule has 6 heteroatoms. The molecule has 0 bridgehead atoms. The van der Waals surface area contributed by atoms with Crippen LogP contribution in [0.25, 0.3) is 0 Å². The van der Waals surface area contributed by atoms with Gasteiger partial charge in [0, 0.05) is 45.3 Å². The molecule has 0 spiro atoms. The molecule has 0 aromatic carbocycles. The summed E-state index contributed by atoms with van der Waals surface area (Å²) in [5, 5.41) is 17.9. The summed E-state index contributed by atoms with van der Waals surface area (Å²) in [6, 6.07) is 3.71. The predicted molar refractivity (Wildman–Crippen MR) is 76.6 cm³/mol. The summed E-state index contributed by atoms with van der Waals surface area (Å²) in [7, 11) is 1.97. The third-order valence-corrected chi connectivity index (χ3v) is 3.54. The number of rotatable bonds is 5. The molecule has 0 unspecified atom stereocenters. The Bertz CT molecular complexity index is 472. The van der Waals surface area contributed by atoms with Gasteiger partial charge in [0.05, 0.1) is 5.60 Å². The number of pyridine rings is 1. The molecule has 1 fully saturated rings. The van der Waals surface area contributed by atoms with Crippen LogP contribution >= 0.6 is 0 Å². The van der Waals surface area contributed by atoms with Crippen LogP contribution in [0.3, 0.4) is 0 Å². The van der Waals surface area contributed by atoms with E-state index < -0.39 is 5.60 Å². The topological polar surface area (TPSA) is 95.5 Å². The zero-order valence-electron chi connectivity index (χ0n) is 11.8. The van der Waals surface area contributed by atoms with Crippen LogP contribution in [0.15, 0.2) is 18.3 Å². The highest BCUT2D eigenvalue weighted by Crippen LogP contribution is 2.21. The number of amidine groups is 1. The molecule has 0 atom stereocenters. The number of hydrogen-bond acceptors (Lipinski definition) is 5. The first-order valence-corrected chi connectivity index (χ1v) is 6.76. The molecule has 20 heavy (non-hydrogen) atoms. The molecule has 0 saturated carbocycles. The minimum absolute atomic E-state index is 0.0300. The monoisotopic (exact) mass is 278 g/mol. The van der Waals surface area contributed by atoms with E-state index in [-0.39, 0.29) is 5.84 Å². The second-order valence-electron chi connectivity index (χ2n) is 5.47. The highest BCUT2D eigenvalue weighted by atomic mass is 16.5.